The van der Waals surface area contributed by atoms with E-state index < -0.39 is 5.97 Å². The number of esters is 1. The summed E-state index contributed by atoms with van der Waals surface area (Å²) in [4.78, 5) is 11.1. The zero-order chi connectivity index (χ0) is 11.0. The van der Waals surface area contributed by atoms with Gasteiger partial charge in [0.25, 0.3) is 0 Å². The highest BCUT2D eigenvalue weighted by Gasteiger charge is 2.00. The van der Waals surface area contributed by atoms with E-state index in [1.54, 1.807) is 0 Å². The number of rotatable bonds is 5. The Morgan fingerprint density at radius 1 is 1.64 bits per heavy atom. The predicted octanol–water partition coefficient (Wildman–Crippen LogP) is 1.23. The SMILES string of the molecule is C#CCNCC(=C)OC(=O)C=C(C)C. The third-order valence-electron chi connectivity index (χ3n) is 1.20. The van der Waals surface area contributed by atoms with Crippen molar-refractivity contribution in [3.8, 4) is 12.3 Å². The molecule has 0 aliphatic rings. The summed E-state index contributed by atoms with van der Waals surface area (Å²) in [5.41, 5.74) is 0.888. The van der Waals surface area contributed by atoms with E-state index in [0.29, 0.717) is 18.8 Å². The second-order valence-electron chi connectivity index (χ2n) is 2.99. The summed E-state index contributed by atoms with van der Waals surface area (Å²) in [6.07, 6.45) is 6.43. The summed E-state index contributed by atoms with van der Waals surface area (Å²) < 4.78 is 4.87. The van der Waals surface area contributed by atoms with E-state index in [0.717, 1.165) is 5.57 Å². The van der Waals surface area contributed by atoms with E-state index in [1.165, 1.54) is 6.08 Å². The highest BCUT2D eigenvalue weighted by molar-refractivity contribution is 5.83. The van der Waals surface area contributed by atoms with Crippen molar-refractivity contribution >= 4 is 5.97 Å². The molecule has 3 heteroatoms. The predicted molar refractivity (Wildman–Crippen MR) is 56.4 cm³/mol. The molecule has 0 fully saturated rings. The molecular weight excluding hydrogens is 178 g/mol. The van der Waals surface area contributed by atoms with Crippen LogP contribution in [0.25, 0.3) is 0 Å². The Balaban J connectivity index is 3.79. The zero-order valence-electron chi connectivity index (χ0n) is 8.59. The molecule has 0 amide bonds. The van der Waals surface area contributed by atoms with Crippen LogP contribution in [0.3, 0.4) is 0 Å². The molecule has 0 unspecified atom stereocenters. The summed E-state index contributed by atoms with van der Waals surface area (Å²) in [7, 11) is 0. The highest BCUT2D eigenvalue weighted by Crippen LogP contribution is 1.96. The van der Waals surface area contributed by atoms with Crippen LogP contribution < -0.4 is 5.32 Å². The maximum Gasteiger partial charge on any atom is 0.335 e. The Morgan fingerprint density at radius 3 is 2.79 bits per heavy atom. The molecule has 0 aromatic rings. The van der Waals surface area contributed by atoms with Crippen LogP contribution in [-0.2, 0) is 9.53 Å². The van der Waals surface area contributed by atoms with Crippen LogP contribution in [0.5, 0.6) is 0 Å². The highest BCUT2D eigenvalue weighted by atomic mass is 16.5. The van der Waals surface area contributed by atoms with Crippen molar-refractivity contribution in [1.82, 2.24) is 5.32 Å². The lowest BCUT2D eigenvalue weighted by Crippen LogP contribution is -2.19. The molecule has 0 rings (SSSR count). The lowest BCUT2D eigenvalue weighted by Gasteiger charge is -2.05. The van der Waals surface area contributed by atoms with Crippen LogP contribution in [-0.4, -0.2) is 19.1 Å². The van der Waals surface area contributed by atoms with Gasteiger partial charge in [-0.2, -0.15) is 0 Å². The maximum atomic E-state index is 11.1. The van der Waals surface area contributed by atoms with Crippen molar-refractivity contribution in [2.75, 3.05) is 13.1 Å². The van der Waals surface area contributed by atoms with E-state index in [9.17, 15) is 4.79 Å². The molecule has 0 aliphatic carbocycles. The number of carbonyl (C=O) groups excluding carboxylic acids is 1. The number of terminal acetylenes is 1. The van der Waals surface area contributed by atoms with Crippen molar-refractivity contribution in [3.63, 3.8) is 0 Å². The molecule has 0 aromatic heterocycles. The first-order valence-electron chi connectivity index (χ1n) is 4.25. The van der Waals surface area contributed by atoms with Crippen molar-refractivity contribution in [1.29, 1.82) is 0 Å². The first-order chi connectivity index (χ1) is 6.56. The van der Waals surface area contributed by atoms with Gasteiger partial charge in [-0.3, -0.25) is 5.32 Å². The fraction of sp³-hybridized carbons (Fsp3) is 0.364. The Morgan fingerprint density at radius 2 is 2.29 bits per heavy atom. The molecule has 0 aliphatic heterocycles. The molecule has 0 saturated heterocycles. The van der Waals surface area contributed by atoms with Gasteiger partial charge in [0, 0.05) is 6.08 Å². The third kappa shape index (κ3) is 7.14. The summed E-state index contributed by atoms with van der Waals surface area (Å²) in [6.45, 7) is 8.02. The van der Waals surface area contributed by atoms with Crippen molar-refractivity contribution < 1.29 is 9.53 Å². The van der Waals surface area contributed by atoms with Gasteiger partial charge in [0.05, 0.1) is 13.1 Å². The zero-order valence-corrected chi connectivity index (χ0v) is 8.59. The minimum absolute atomic E-state index is 0.364. The van der Waals surface area contributed by atoms with E-state index in [1.807, 2.05) is 13.8 Å². The molecule has 76 valence electrons. The van der Waals surface area contributed by atoms with Gasteiger partial charge >= 0.3 is 5.97 Å². The third-order valence-corrected chi connectivity index (χ3v) is 1.20. The molecule has 1 N–H and O–H groups in total. The Kier molecular flexibility index (Phi) is 6.17. The molecule has 0 bridgehead atoms. The number of hydrogen-bond donors (Lipinski definition) is 1. The molecule has 0 heterocycles. The number of nitrogens with one attached hydrogen (secondary N) is 1. The molecule has 0 saturated carbocycles. The molecule has 0 atom stereocenters. The van der Waals surface area contributed by atoms with Crippen LogP contribution in [0.4, 0.5) is 0 Å². The molecule has 0 spiro atoms. The lowest BCUT2D eigenvalue weighted by molar-refractivity contribution is -0.133. The van der Waals surface area contributed by atoms with Gasteiger partial charge in [0.1, 0.15) is 5.76 Å². The monoisotopic (exact) mass is 193 g/mol. The van der Waals surface area contributed by atoms with Crippen LogP contribution in [0, 0.1) is 12.3 Å². The van der Waals surface area contributed by atoms with Crippen LogP contribution in [0.2, 0.25) is 0 Å². The summed E-state index contributed by atoms with van der Waals surface area (Å²) >= 11 is 0. The van der Waals surface area contributed by atoms with E-state index in [-0.39, 0.29) is 0 Å². The average Bonchev–Trinajstić information content (AvgIpc) is 2.02. The fourth-order valence-electron chi connectivity index (χ4n) is 0.718. The van der Waals surface area contributed by atoms with Gasteiger partial charge in [0.2, 0.25) is 0 Å². The normalized spacial score (nSPS) is 8.64. The first-order valence-corrected chi connectivity index (χ1v) is 4.25. The van der Waals surface area contributed by atoms with Gasteiger partial charge in [-0.1, -0.05) is 18.1 Å². The van der Waals surface area contributed by atoms with Gasteiger partial charge in [-0.25, -0.2) is 4.79 Å². The topological polar surface area (TPSA) is 38.3 Å². The second-order valence-corrected chi connectivity index (χ2v) is 2.99. The number of hydrogen-bond acceptors (Lipinski definition) is 3. The van der Waals surface area contributed by atoms with Crippen LogP contribution >= 0.6 is 0 Å². The van der Waals surface area contributed by atoms with Crippen LogP contribution in [0.15, 0.2) is 24.0 Å². The number of allylic oxidation sites excluding steroid dienone is 1. The average molecular weight is 193 g/mol. The van der Waals surface area contributed by atoms with Gasteiger partial charge < -0.3 is 4.74 Å². The number of ether oxygens (including phenoxy) is 1. The summed E-state index contributed by atoms with van der Waals surface area (Å²) in [6, 6.07) is 0. The van der Waals surface area contributed by atoms with Crippen molar-refractivity contribution in [2.45, 2.75) is 13.8 Å². The first kappa shape index (κ1) is 12.5. The van der Waals surface area contributed by atoms with E-state index in [2.05, 4.69) is 17.8 Å². The smallest absolute Gasteiger partial charge is 0.335 e. The fourth-order valence-corrected chi connectivity index (χ4v) is 0.718. The second kappa shape index (κ2) is 6.93. The van der Waals surface area contributed by atoms with E-state index in [4.69, 9.17) is 11.2 Å². The van der Waals surface area contributed by atoms with E-state index >= 15 is 0 Å². The Bertz CT molecular complexity index is 280. The Hall–Kier alpha value is -1.53. The van der Waals surface area contributed by atoms with Crippen molar-refractivity contribution in [3.05, 3.63) is 24.0 Å². The molecule has 0 aromatic carbocycles. The van der Waals surface area contributed by atoms with Gasteiger partial charge in [-0.15, -0.1) is 6.42 Å². The summed E-state index contributed by atoms with van der Waals surface area (Å²) in [5, 5.41) is 2.86. The molecular formula is C11H15NO2. The molecule has 3 nitrogen and oxygen atoms in total. The van der Waals surface area contributed by atoms with Crippen LogP contribution in [0.1, 0.15) is 13.8 Å². The standard InChI is InChI=1S/C11H15NO2/c1-5-6-12-8-10(4)14-11(13)7-9(2)3/h1,7,12H,4,6,8H2,2-3H3. The lowest BCUT2D eigenvalue weighted by atomic mass is 10.3. The van der Waals surface area contributed by atoms with Gasteiger partial charge in [0.15, 0.2) is 0 Å². The Labute approximate surface area is 84.8 Å². The molecule has 14 heavy (non-hydrogen) atoms. The largest absolute Gasteiger partial charge is 0.427 e. The maximum absolute atomic E-state index is 11.1. The summed E-state index contributed by atoms with van der Waals surface area (Å²) in [5.74, 6) is 2.36. The quantitative estimate of drug-likeness (QED) is 0.235. The van der Waals surface area contributed by atoms with Crippen molar-refractivity contribution in [2.24, 2.45) is 0 Å². The minimum Gasteiger partial charge on any atom is -0.427 e. The molecule has 0 radical (unpaired) electrons. The minimum atomic E-state index is -0.405. The van der Waals surface area contributed by atoms with Gasteiger partial charge in [-0.05, 0) is 13.8 Å². The number of carbonyl (C=O) groups is 1.